The maximum Gasteiger partial charge on any atom is 0.508 e. The third-order valence-corrected chi connectivity index (χ3v) is 4.64. The van der Waals surface area contributed by atoms with Crippen LogP contribution in [0.15, 0.2) is 0 Å². The van der Waals surface area contributed by atoms with E-state index in [0.717, 1.165) is 0 Å². The Morgan fingerprint density at radius 2 is 1.43 bits per heavy atom. The van der Waals surface area contributed by atoms with Crippen molar-refractivity contribution in [1.29, 1.82) is 0 Å². The second-order valence-corrected chi connectivity index (χ2v) is 6.98. The van der Waals surface area contributed by atoms with Gasteiger partial charge in [-0.15, -0.1) is 0 Å². The number of carboxylic acid groups (broad SMARTS) is 2. The van der Waals surface area contributed by atoms with Crippen LogP contribution in [0.1, 0.15) is 6.92 Å². The van der Waals surface area contributed by atoms with Crippen LogP contribution in [0, 0.1) is 0 Å². The van der Waals surface area contributed by atoms with Gasteiger partial charge < -0.3 is 19.7 Å². The molecule has 1 unspecified atom stereocenters. The number of hydrogen-bond donors (Lipinski definition) is 2. The highest BCUT2D eigenvalue weighted by atomic mass is 79.9. The van der Waals surface area contributed by atoms with Gasteiger partial charge in [-0.1, -0.05) is 0 Å². The predicted molar refractivity (Wildman–Crippen MR) is 56.1 cm³/mol. The van der Waals surface area contributed by atoms with E-state index in [9.17, 15) is 9.59 Å². The number of halogens is 3. The number of rotatable bonds is 3. The van der Waals surface area contributed by atoms with Crippen molar-refractivity contribution in [3.63, 3.8) is 0 Å². The molecule has 0 rings (SSSR count). The van der Waals surface area contributed by atoms with Gasteiger partial charge in [0.1, 0.15) is 0 Å². The molecular weight excluding hydrogens is 396 g/mol. The lowest BCUT2D eigenvalue weighted by Gasteiger charge is -2.32. The summed E-state index contributed by atoms with van der Waals surface area (Å²) in [6.07, 6.45) is -3.18. The van der Waals surface area contributed by atoms with Gasteiger partial charge in [-0.05, 0) is 54.7 Å². The van der Waals surface area contributed by atoms with E-state index in [1.54, 1.807) is 0 Å². The highest BCUT2D eigenvalue weighted by molar-refractivity contribution is 9.26. The third kappa shape index (κ3) is 4.01. The number of hydrogen-bond acceptors (Lipinski definition) is 4. The fourth-order valence-corrected chi connectivity index (χ4v) is 1.08. The molecule has 14 heavy (non-hydrogen) atoms. The van der Waals surface area contributed by atoms with Gasteiger partial charge in [-0.3, -0.25) is 0 Å². The summed E-state index contributed by atoms with van der Waals surface area (Å²) in [6.45, 7) is 1.26. The van der Waals surface area contributed by atoms with Crippen LogP contribution >= 0.6 is 47.8 Å². The van der Waals surface area contributed by atoms with Crippen molar-refractivity contribution in [2.75, 3.05) is 0 Å². The Morgan fingerprint density at radius 1 is 1.07 bits per heavy atom. The Morgan fingerprint density at radius 3 is 1.71 bits per heavy atom. The van der Waals surface area contributed by atoms with Gasteiger partial charge in [-0.25, -0.2) is 9.59 Å². The van der Waals surface area contributed by atoms with Crippen LogP contribution in [-0.2, 0) is 9.47 Å². The number of alkyl halides is 3. The van der Waals surface area contributed by atoms with E-state index in [1.165, 1.54) is 6.92 Å². The van der Waals surface area contributed by atoms with Crippen molar-refractivity contribution in [3.05, 3.63) is 0 Å². The molecule has 0 aliphatic carbocycles. The van der Waals surface area contributed by atoms with Crippen molar-refractivity contribution in [1.82, 2.24) is 0 Å². The number of ether oxygens (including phenoxy) is 2. The second-order valence-electron chi connectivity index (χ2n) is 2.17. The SMILES string of the molecule is CC(Br)(OC(=O)O)C(Br)(Br)OC(=O)O. The van der Waals surface area contributed by atoms with Crippen LogP contribution in [0.25, 0.3) is 0 Å². The molecule has 2 N–H and O–H groups in total. The molecule has 0 radical (unpaired) electrons. The maximum absolute atomic E-state index is 10.3. The van der Waals surface area contributed by atoms with Gasteiger partial charge in [0, 0.05) is 0 Å². The summed E-state index contributed by atoms with van der Waals surface area (Å²) in [5, 5.41) is 16.7. The first kappa shape index (κ1) is 14.0. The normalized spacial score (nSPS) is 15.4. The molecule has 0 aliphatic rings. The van der Waals surface area contributed by atoms with E-state index in [2.05, 4.69) is 57.3 Å². The summed E-state index contributed by atoms with van der Waals surface area (Å²) in [5.74, 6) is 0. The molecule has 0 saturated carbocycles. The van der Waals surface area contributed by atoms with Crippen LogP contribution < -0.4 is 0 Å². The van der Waals surface area contributed by atoms with E-state index < -0.39 is 20.2 Å². The Hall–Kier alpha value is -0.0200. The van der Waals surface area contributed by atoms with Crippen molar-refractivity contribution in [2.45, 2.75) is 14.9 Å². The fourth-order valence-electron chi connectivity index (χ4n) is 0.424. The van der Waals surface area contributed by atoms with Crippen molar-refractivity contribution < 1.29 is 29.3 Å². The molecule has 0 aromatic carbocycles. The average Bonchev–Trinajstić information content (AvgIpc) is 1.78. The maximum atomic E-state index is 10.3. The minimum atomic E-state index is -1.71. The van der Waals surface area contributed by atoms with Crippen LogP contribution in [0.4, 0.5) is 9.59 Å². The zero-order valence-electron chi connectivity index (χ0n) is 6.66. The first-order chi connectivity index (χ1) is 6.08. The molecule has 0 spiro atoms. The van der Waals surface area contributed by atoms with Crippen LogP contribution in [0.3, 0.4) is 0 Å². The van der Waals surface area contributed by atoms with Crippen LogP contribution in [0.5, 0.6) is 0 Å². The van der Waals surface area contributed by atoms with Gasteiger partial charge in [0.05, 0.1) is 0 Å². The smallest absolute Gasteiger partial charge is 0.450 e. The third-order valence-electron chi connectivity index (χ3n) is 1.01. The Kier molecular flexibility index (Phi) is 4.66. The molecule has 9 heteroatoms. The topological polar surface area (TPSA) is 93.1 Å². The van der Waals surface area contributed by atoms with E-state index >= 15 is 0 Å². The Balaban J connectivity index is 4.67. The summed E-state index contributed by atoms with van der Waals surface area (Å²) in [6, 6.07) is 0. The molecule has 0 saturated heterocycles. The van der Waals surface area contributed by atoms with E-state index in [1.807, 2.05) is 0 Å². The zero-order chi connectivity index (χ0) is 11.6. The monoisotopic (exact) mass is 398 g/mol. The molecule has 0 aliphatic heterocycles. The fraction of sp³-hybridized carbons (Fsp3) is 0.600. The molecule has 0 bridgehead atoms. The average molecular weight is 401 g/mol. The Bertz CT molecular complexity index is 224. The van der Waals surface area contributed by atoms with Crippen molar-refractivity contribution >= 4 is 60.1 Å². The van der Waals surface area contributed by atoms with E-state index in [0.29, 0.717) is 0 Å². The lowest BCUT2D eigenvalue weighted by Crippen LogP contribution is -2.44. The Labute approximate surface area is 104 Å². The van der Waals surface area contributed by atoms with Gasteiger partial charge in [0.15, 0.2) is 0 Å². The first-order valence-electron chi connectivity index (χ1n) is 2.99. The van der Waals surface area contributed by atoms with Gasteiger partial charge >= 0.3 is 12.3 Å². The van der Waals surface area contributed by atoms with Crippen molar-refractivity contribution in [2.24, 2.45) is 0 Å². The van der Waals surface area contributed by atoms with E-state index in [-0.39, 0.29) is 0 Å². The molecule has 0 fully saturated rings. The summed E-state index contributed by atoms with van der Waals surface area (Å²) >= 11 is 8.47. The molecule has 0 heterocycles. The summed E-state index contributed by atoms with van der Waals surface area (Å²) in [7, 11) is 0. The van der Waals surface area contributed by atoms with Crippen molar-refractivity contribution in [3.8, 4) is 0 Å². The van der Waals surface area contributed by atoms with Crippen LogP contribution in [-0.4, -0.2) is 30.5 Å². The van der Waals surface area contributed by atoms with Gasteiger partial charge in [0.2, 0.25) is 4.51 Å². The van der Waals surface area contributed by atoms with Crippen LogP contribution in [0.2, 0.25) is 0 Å². The molecular formula is C5H5Br3O6. The predicted octanol–water partition coefficient (Wildman–Crippen LogP) is 2.93. The standard InChI is InChI=1S/C5H5Br3O6/c1-4(6,13-2(9)10)5(7,8)14-3(11)12/h1H3,(H,9,10)(H,11,12). The summed E-state index contributed by atoms with van der Waals surface area (Å²) < 4.78 is 5.35. The molecule has 1 atom stereocenters. The number of carbonyl (C=O) groups is 2. The first-order valence-corrected chi connectivity index (χ1v) is 5.37. The quantitative estimate of drug-likeness (QED) is 0.559. The lowest BCUT2D eigenvalue weighted by molar-refractivity contribution is -0.0210. The highest BCUT2D eigenvalue weighted by Gasteiger charge is 2.50. The molecule has 6 nitrogen and oxygen atoms in total. The van der Waals surface area contributed by atoms with E-state index in [4.69, 9.17) is 10.2 Å². The zero-order valence-corrected chi connectivity index (χ0v) is 11.4. The minimum Gasteiger partial charge on any atom is -0.450 e. The molecule has 0 amide bonds. The highest BCUT2D eigenvalue weighted by Crippen LogP contribution is 2.45. The molecule has 82 valence electrons. The molecule has 0 aromatic rings. The second kappa shape index (κ2) is 4.67. The van der Waals surface area contributed by atoms with Gasteiger partial charge in [0.25, 0.3) is 3.42 Å². The summed E-state index contributed by atoms with van der Waals surface area (Å²) in [5.41, 5.74) is 0. The molecule has 0 aromatic heterocycles. The minimum absolute atomic E-state index is 1.26. The lowest BCUT2D eigenvalue weighted by atomic mass is 10.4. The largest absolute Gasteiger partial charge is 0.508 e. The van der Waals surface area contributed by atoms with Gasteiger partial charge in [-0.2, -0.15) is 0 Å². The summed E-state index contributed by atoms with van der Waals surface area (Å²) in [4.78, 5) is 20.5.